The highest BCUT2D eigenvalue weighted by Crippen LogP contribution is 2.33. The van der Waals surface area contributed by atoms with Gasteiger partial charge in [-0.1, -0.05) is 12.1 Å². The van der Waals surface area contributed by atoms with Crippen LogP contribution in [0.2, 0.25) is 0 Å². The summed E-state index contributed by atoms with van der Waals surface area (Å²) in [5.41, 5.74) is 2.35. The van der Waals surface area contributed by atoms with Crippen LogP contribution in [0.3, 0.4) is 0 Å². The zero-order chi connectivity index (χ0) is 20.8. The van der Waals surface area contributed by atoms with Crippen molar-refractivity contribution in [2.45, 2.75) is 30.7 Å². The molecule has 4 rings (SSSR count). The van der Waals surface area contributed by atoms with Gasteiger partial charge in [0.25, 0.3) is 0 Å². The Morgan fingerprint density at radius 2 is 1.86 bits per heavy atom. The summed E-state index contributed by atoms with van der Waals surface area (Å²) in [6.07, 6.45) is 0.806. The molecule has 1 aliphatic heterocycles. The lowest BCUT2D eigenvalue weighted by Gasteiger charge is -2.22. The summed E-state index contributed by atoms with van der Waals surface area (Å²) in [4.78, 5) is 12.9. The van der Waals surface area contributed by atoms with Crippen molar-refractivity contribution >= 4 is 27.0 Å². The molecule has 2 heterocycles. The Morgan fingerprint density at radius 1 is 1.21 bits per heavy atom. The number of nitrogens with zero attached hydrogens (tertiary/aromatic N) is 4. The summed E-state index contributed by atoms with van der Waals surface area (Å²) in [5, 5.41) is 18.2. The van der Waals surface area contributed by atoms with Crippen LogP contribution in [0.5, 0.6) is 5.75 Å². The Labute approximate surface area is 167 Å². The number of rotatable bonds is 5. The highest BCUT2D eigenvalue weighted by atomic mass is 32.2. The molecule has 3 aromatic rings. The first-order chi connectivity index (χ1) is 13.8. The Morgan fingerprint density at radius 3 is 2.45 bits per heavy atom. The zero-order valence-corrected chi connectivity index (χ0v) is 16.8. The second kappa shape index (κ2) is 7.12. The van der Waals surface area contributed by atoms with Crippen LogP contribution in [0.1, 0.15) is 18.4 Å². The highest BCUT2D eigenvalue weighted by molar-refractivity contribution is 7.89. The number of methoxy groups -OCH3 is 1. The third-order valence-electron chi connectivity index (χ3n) is 5.05. The average Bonchev–Trinajstić information content (AvgIpc) is 3.35. The van der Waals surface area contributed by atoms with Crippen molar-refractivity contribution in [3.05, 3.63) is 42.0 Å². The fourth-order valence-corrected chi connectivity index (χ4v) is 5.49. The van der Waals surface area contributed by atoms with Crippen molar-refractivity contribution < 1.29 is 23.1 Å². The van der Waals surface area contributed by atoms with E-state index in [2.05, 4.69) is 10.2 Å². The summed E-state index contributed by atoms with van der Waals surface area (Å²) < 4.78 is 32.9. The van der Waals surface area contributed by atoms with E-state index < -0.39 is 22.0 Å². The maximum absolute atomic E-state index is 13.2. The second-order valence-corrected chi connectivity index (χ2v) is 8.74. The van der Waals surface area contributed by atoms with Gasteiger partial charge in [0.1, 0.15) is 28.5 Å². The van der Waals surface area contributed by atoms with Crippen LogP contribution in [0, 0.1) is 6.92 Å². The van der Waals surface area contributed by atoms with Crippen molar-refractivity contribution in [2.24, 2.45) is 0 Å². The third kappa shape index (κ3) is 3.23. The summed E-state index contributed by atoms with van der Waals surface area (Å²) >= 11 is 0. The largest absolute Gasteiger partial charge is 0.494 e. The van der Waals surface area contributed by atoms with Crippen LogP contribution in [-0.2, 0) is 14.8 Å². The third-order valence-corrected chi connectivity index (χ3v) is 7.10. The molecule has 1 atom stereocenters. The SMILES string of the molecule is COc1cc(S(=O)(=O)N2CCCC2C(=O)O)c(C)cc1-n1nc2ccccc2n1. The predicted octanol–water partition coefficient (Wildman–Crippen LogP) is 1.98. The van der Waals surface area contributed by atoms with Gasteiger partial charge in [0.2, 0.25) is 10.0 Å². The van der Waals surface area contributed by atoms with Gasteiger partial charge in [-0.2, -0.15) is 4.31 Å². The van der Waals surface area contributed by atoms with Crippen LogP contribution in [0.25, 0.3) is 16.7 Å². The molecular weight excluding hydrogens is 396 g/mol. The minimum atomic E-state index is -4.00. The van der Waals surface area contributed by atoms with Crippen LogP contribution in [0.15, 0.2) is 41.3 Å². The Kier molecular flexibility index (Phi) is 4.75. The molecular formula is C19H20N4O5S. The first-order valence-corrected chi connectivity index (χ1v) is 10.5. The predicted molar refractivity (Wildman–Crippen MR) is 105 cm³/mol. The molecule has 1 saturated heterocycles. The van der Waals surface area contributed by atoms with Crippen LogP contribution >= 0.6 is 0 Å². The lowest BCUT2D eigenvalue weighted by atomic mass is 10.2. The molecule has 0 saturated carbocycles. The second-order valence-electron chi connectivity index (χ2n) is 6.88. The topological polar surface area (TPSA) is 115 Å². The molecule has 152 valence electrons. The van der Waals surface area contributed by atoms with Gasteiger partial charge in [-0.05, 0) is 43.5 Å². The first kappa shape index (κ1) is 19.3. The number of hydrogen-bond donors (Lipinski definition) is 1. The maximum Gasteiger partial charge on any atom is 0.322 e. The van der Waals surface area contributed by atoms with E-state index in [0.717, 1.165) is 4.31 Å². The minimum Gasteiger partial charge on any atom is -0.494 e. The first-order valence-electron chi connectivity index (χ1n) is 9.08. The van der Waals surface area contributed by atoms with Crippen molar-refractivity contribution in [1.29, 1.82) is 0 Å². The van der Waals surface area contributed by atoms with Gasteiger partial charge in [-0.25, -0.2) is 8.42 Å². The lowest BCUT2D eigenvalue weighted by molar-refractivity contribution is -0.140. The number of sulfonamides is 1. The average molecular weight is 416 g/mol. The van der Waals surface area contributed by atoms with Crippen LogP contribution in [-0.4, -0.2) is 58.5 Å². The number of fused-ring (bicyclic) bond motifs is 1. The molecule has 0 spiro atoms. The number of aryl methyl sites for hydroxylation is 1. The number of benzene rings is 2. The molecule has 10 heteroatoms. The summed E-state index contributed by atoms with van der Waals surface area (Å²) in [5.74, 6) is -0.861. The summed E-state index contributed by atoms with van der Waals surface area (Å²) in [7, 11) is -2.56. The number of carboxylic acid groups (broad SMARTS) is 1. The van der Waals surface area contributed by atoms with Gasteiger partial charge >= 0.3 is 5.97 Å². The Balaban J connectivity index is 1.81. The van der Waals surface area contributed by atoms with E-state index >= 15 is 0 Å². The molecule has 9 nitrogen and oxygen atoms in total. The van der Waals surface area contributed by atoms with E-state index in [1.807, 2.05) is 24.3 Å². The Bertz CT molecular complexity index is 1170. The van der Waals surface area contributed by atoms with E-state index in [0.29, 0.717) is 35.1 Å². The minimum absolute atomic E-state index is 0.0166. The van der Waals surface area contributed by atoms with E-state index in [1.54, 1.807) is 13.0 Å². The number of ether oxygens (including phenoxy) is 1. The molecule has 0 aliphatic carbocycles. The van der Waals surface area contributed by atoms with Crippen molar-refractivity contribution in [2.75, 3.05) is 13.7 Å². The fourth-order valence-electron chi connectivity index (χ4n) is 3.62. The number of carbonyl (C=O) groups is 1. The number of carboxylic acids is 1. The zero-order valence-electron chi connectivity index (χ0n) is 15.9. The fraction of sp³-hybridized carbons (Fsp3) is 0.316. The van der Waals surface area contributed by atoms with E-state index in [4.69, 9.17) is 4.74 Å². The highest BCUT2D eigenvalue weighted by Gasteiger charge is 2.40. The van der Waals surface area contributed by atoms with Gasteiger partial charge in [-0.3, -0.25) is 4.79 Å². The molecule has 0 bridgehead atoms. The van der Waals surface area contributed by atoms with Gasteiger partial charge in [0.15, 0.2) is 0 Å². The smallest absolute Gasteiger partial charge is 0.322 e. The Hall–Kier alpha value is -2.98. The molecule has 1 N–H and O–H groups in total. The monoisotopic (exact) mass is 416 g/mol. The normalized spacial score (nSPS) is 17.7. The quantitative estimate of drug-likeness (QED) is 0.676. The van der Waals surface area contributed by atoms with Gasteiger partial charge in [0, 0.05) is 12.6 Å². The molecule has 2 aromatic carbocycles. The number of aromatic nitrogens is 3. The van der Waals surface area contributed by atoms with E-state index in [9.17, 15) is 18.3 Å². The van der Waals surface area contributed by atoms with Crippen molar-refractivity contribution in [1.82, 2.24) is 19.3 Å². The lowest BCUT2D eigenvalue weighted by Crippen LogP contribution is -2.40. The van der Waals surface area contributed by atoms with Gasteiger partial charge < -0.3 is 9.84 Å². The molecule has 1 aromatic heterocycles. The molecule has 1 aliphatic rings. The standard InChI is InChI=1S/C19H20N4O5S/c1-12-10-16(23-20-13-6-3-4-7-14(13)21-23)17(28-2)11-18(12)29(26,27)22-9-5-8-15(22)19(24)25/h3-4,6-7,10-11,15H,5,8-9H2,1-2H3,(H,24,25). The summed E-state index contributed by atoms with van der Waals surface area (Å²) in [6.45, 7) is 1.83. The molecule has 29 heavy (non-hydrogen) atoms. The van der Waals surface area contributed by atoms with E-state index in [1.165, 1.54) is 18.0 Å². The van der Waals surface area contributed by atoms with Crippen LogP contribution < -0.4 is 4.74 Å². The van der Waals surface area contributed by atoms with Gasteiger partial charge in [-0.15, -0.1) is 15.0 Å². The van der Waals surface area contributed by atoms with Crippen molar-refractivity contribution in [3.63, 3.8) is 0 Å². The molecule has 0 amide bonds. The van der Waals surface area contributed by atoms with Crippen LogP contribution in [0.4, 0.5) is 0 Å². The van der Waals surface area contributed by atoms with Gasteiger partial charge in [0.05, 0.1) is 12.0 Å². The maximum atomic E-state index is 13.2. The molecule has 1 fully saturated rings. The number of aliphatic carboxylic acids is 1. The van der Waals surface area contributed by atoms with Crippen molar-refractivity contribution in [3.8, 4) is 11.4 Å². The number of hydrogen-bond acceptors (Lipinski definition) is 6. The molecule has 0 radical (unpaired) electrons. The van der Waals surface area contributed by atoms with E-state index in [-0.39, 0.29) is 17.2 Å². The summed E-state index contributed by atoms with van der Waals surface area (Å²) in [6, 6.07) is 9.36. The molecule has 1 unspecified atom stereocenters.